The Morgan fingerprint density at radius 1 is 0.778 bits per heavy atom. The van der Waals surface area contributed by atoms with Gasteiger partial charge in [0, 0.05) is 6.04 Å². The molecule has 104 valence electrons. The van der Waals surface area contributed by atoms with Gasteiger partial charge in [0.1, 0.15) is 0 Å². The number of rotatable bonds is 1. The molecule has 0 amide bonds. The zero-order valence-electron chi connectivity index (χ0n) is 12.5. The highest BCUT2D eigenvalue weighted by atomic mass is 15.1. The summed E-state index contributed by atoms with van der Waals surface area (Å²) in [5.41, 5.74) is 4.50. The molecular formula is C16H30N2. The van der Waals surface area contributed by atoms with E-state index in [-0.39, 0.29) is 0 Å². The summed E-state index contributed by atoms with van der Waals surface area (Å²) in [6, 6.07) is 12.9. The fourth-order valence-electron chi connectivity index (χ4n) is 2.14. The van der Waals surface area contributed by atoms with Crippen molar-refractivity contribution in [3.05, 3.63) is 36.4 Å². The first-order valence-corrected chi connectivity index (χ1v) is 6.94. The van der Waals surface area contributed by atoms with Crippen molar-refractivity contribution < 1.29 is 0 Å². The lowest BCUT2D eigenvalue weighted by Gasteiger charge is -2.30. The lowest BCUT2D eigenvalue weighted by molar-refractivity contribution is 0.200. The fraction of sp³-hybridized carbons (Fsp3) is 0.625. The van der Waals surface area contributed by atoms with E-state index in [1.54, 1.807) is 0 Å². The molecule has 0 aliphatic heterocycles. The van der Waals surface area contributed by atoms with E-state index in [1.165, 1.54) is 32.7 Å². The molecule has 0 atom stereocenters. The van der Waals surface area contributed by atoms with E-state index in [0.717, 1.165) is 12.0 Å². The van der Waals surface area contributed by atoms with Crippen molar-refractivity contribution in [1.82, 2.24) is 4.90 Å². The van der Waals surface area contributed by atoms with Crippen molar-refractivity contribution in [2.45, 2.75) is 38.6 Å². The lowest BCUT2D eigenvalue weighted by atomic mass is 9.87. The number of hydrogen-bond donors (Lipinski definition) is 1. The Labute approximate surface area is 113 Å². The molecule has 0 radical (unpaired) electrons. The maximum atomic E-state index is 4.50. The molecule has 0 spiro atoms. The average molecular weight is 250 g/mol. The molecule has 1 aliphatic carbocycles. The van der Waals surface area contributed by atoms with Crippen LogP contribution in [0.15, 0.2) is 36.4 Å². The molecule has 2 N–H and O–H groups in total. The predicted octanol–water partition coefficient (Wildman–Crippen LogP) is 3.39. The molecule has 1 aromatic rings. The Bertz CT molecular complexity index is 224. The second-order valence-electron chi connectivity index (χ2n) is 5.03. The van der Waals surface area contributed by atoms with Crippen LogP contribution in [0.5, 0.6) is 0 Å². The minimum absolute atomic E-state index is 0.871. The average Bonchev–Trinajstić information content (AvgIpc) is 2.44. The van der Waals surface area contributed by atoms with Crippen molar-refractivity contribution in [3.63, 3.8) is 0 Å². The van der Waals surface area contributed by atoms with Crippen molar-refractivity contribution in [1.29, 1.82) is 0 Å². The zero-order chi connectivity index (χ0) is 13.8. The molecule has 1 aromatic carbocycles. The largest absolute Gasteiger partial charge is 0.333 e. The highest BCUT2D eigenvalue weighted by Gasteiger charge is 2.18. The summed E-state index contributed by atoms with van der Waals surface area (Å²) in [5.74, 6) is 0.983. The van der Waals surface area contributed by atoms with Gasteiger partial charge in [0.25, 0.3) is 0 Å². The van der Waals surface area contributed by atoms with Crippen LogP contribution in [0.4, 0.5) is 0 Å². The van der Waals surface area contributed by atoms with Gasteiger partial charge in [-0.1, -0.05) is 43.3 Å². The second kappa shape index (κ2) is 11.2. The third-order valence-electron chi connectivity index (χ3n) is 3.38. The Hall–Kier alpha value is -0.860. The van der Waals surface area contributed by atoms with Crippen LogP contribution < -0.4 is 5.73 Å². The highest BCUT2D eigenvalue weighted by molar-refractivity contribution is 4.99. The first kappa shape index (κ1) is 17.1. The van der Waals surface area contributed by atoms with Crippen molar-refractivity contribution in [2.75, 3.05) is 21.1 Å². The monoisotopic (exact) mass is 250 g/mol. The van der Waals surface area contributed by atoms with Gasteiger partial charge in [-0.25, -0.2) is 0 Å². The lowest BCUT2D eigenvalue weighted by Crippen LogP contribution is -2.31. The molecule has 2 rings (SSSR count). The maximum Gasteiger partial charge on any atom is 0.00893 e. The summed E-state index contributed by atoms with van der Waals surface area (Å²) >= 11 is 0. The summed E-state index contributed by atoms with van der Waals surface area (Å²) < 4.78 is 0. The summed E-state index contributed by atoms with van der Waals surface area (Å²) in [6.07, 6.45) is 5.69. The molecule has 2 nitrogen and oxygen atoms in total. The molecule has 2 heteroatoms. The Morgan fingerprint density at radius 3 is 1.39 bits per heavy atom. The SMILES string of the molecule is CC1CCC(N(C)C)CC1.CN.c1ccccc1. The van der Waals surface area contributed by atoms with Crippen LogP contribution in [0.2, 0.25) is 0 Å². The van der Waals surface area contributed by atoms with Crippen LogP contribution in [0.1, 0.15) is 32.6 Å². The van der Waals surface area contributed by atoms with Gasteiger partial charge in [0.15, 0.2) is 0 Å². The van der Waals surface area contributed by atoms with Gasteiger partial charge in [-0.3, -0.25) is 0 Å². The van der Waals surface area contributed by atoms with Crippen molar-refractivity contribution in [2.24, 2.45) is 11.7 Å². The van der Waals surface area contributed by atoms with Crippen LogP contribution in [0.25, 0.3) is 0 Å². The zero-order valence-corrected chi connectivity index (χ0v) is 12.5. The van der Waals surface area contributed by atoms with E-state index in [1.807, 2.05) is 36.4 Å². The molecule has 0 saturated heterocycles. The fourth-order valence-corrected chi connectivity index (χ4v) is 2.14. The van der Waals surface area contributed by atoms with Gasteiger partial charge in [0.2, 0.25) is 0 Å². The topological polar surface area (TPSA) is 29.3 Å². The standard InChI is InChI=1S/C9H19N.C6H6.CH5N/c1-8-4-6-9(7-5-8)10(2)3;1-2-4-6-5-3-1;1-2/h8-9H,4-7H2,1-3H3;1-6H;2H2,1H3. The van der Waals surface area contributed by atoms with Crippen LogP contribution in [0.3, 0.4) is 0 Å². The van der Waals surface area contributed by atoms with Crippen molar-refractivity contribution in [3.8, 4) is 0 Å². The van der Waals surface area contributed by atoms with E-state index in [9.17, 15) is 0 Å². The van der Waals surface area contributed by atoms with Gasteiger partial charge < -0.3 is 10.6 Å². The number of benzene rings is 1. The van der Waals surface area contributed by atoms with Gasteiger partial charge >= 0.3 is 0 Å². The first-order chi connectivity index (χ1) is 8.70. The summed E-state index contributed by atoms with van der Waals surface area (Å²) in [4.78, 5) is 2.37. The van der Waals surface area contributed by atoms with E-state index >= 15 is 0 Å². The van der Waals surface area contributed by atoms with E-state index in [4.69, 9.17) is 0 Å². The number of nitrogens with two attached hydrogens (primary N) is 1. The van der Waals surface area contributed by atoms with Crippen molar-refractivity contribution >= 4 is 0 Å². The third kappa shape index (κ3) is 8.26. The molecule has 1 saturated carbocycles. The third-order valence-corrected chi connectivity index (χ3v) is 3.38. The smallest absolute Gasteiger partial charge is 0.00893 e. The van der Waals surface area contributed by atoms with Gasteiger partial charge in [0.05, 0.1) is 0 Å². The highest BCUT2D eigenvalue weighted by Crippen LogP contribution is 2.25. The molecule has 0 bridgehead atoms. The number of nitrogens with zero attached hydrogens (tertiary/aromatic N) is 1. The molecule has 0 unspecified atom stereocenters. The summed E-state index contributed by atoms with van der Waals surface area (Å²) in [7, 11) is 5.89. The van der Waals surface area contributed by atoms with Gasteiger partial charge in [-0.05, 0) is 52.7 Å². The summed E-state index contributed by atoms with van der Waals surface area (Å²) in [6.45, 7) is 2.37. The quantitative estimate of drug-likeness (QED) is 0.828. The second-order valence-corrected chi connectivity index (χ2v) is 5.03. The van der Waals surface area contributed by atoms with Gasteiger partial charge in [-0.2, -0.15) is 0 Å². The van der Waals surface area contributed by atoms with Crippen LogP contribution >= 0.6 is 0 Å². The van der Waals surface area contributed by atoms with Crippen LogP contribution in [-0.4, -0.2) is 32.1 Å². The minimum Gasteiger partial charge on any atom is -0.333 e. The van der Waals surface area contributed by atoms with E-state index in [0.29, 0.717) is 0 Å². The molecule has 0 aromatic heterocycles. The van der Waals surface area contributed by atoms with E-state index in [2.05, 4.69) is 31.7 Å². The van der Waals surface area contributed by atoms with E-state index < -0.39 is 0 Å². The molecular weight excluding hydrogens is 220 g/mol. The normalized spacial score (nSPS) is 22.3. The summed E-state index contributed by atoms with van der Waals surface area (Å²) in [5, 5.41) is 0. The molecule has 1 fully saturated rings. The Balaban J connectivity index is 0.000000308. The maximum absolute atomic E-state index is 4.50. The molecule has 18 heavy (non-hydrogen) atoms. The molecule has 0 heterocycles. The van der Waals surface area contributed by atoms with Crippen LogP contribution in [-0.2, 0) is 0 Å². The Morgan fingerprint density at radius 2 is 1.11 bits per heavy atom. The Kier molecular flexibility index (Phi) is 10.7. The number of hydrogen-bond acceptors (Lipinski definition) is 2. The van der Waals surface area contributed by atoms with Gasteiger partial charge in [-0.15, -0.1) is 0 Å². The minimum atomic E-state index is 0.871. The van der Waals surface area contributed by atoms with Crippen LogP contribution in [0, 0.1) is 5.92 Å². The predicted molar refractivity (Wildman–Crippen MR) is 81.7 cm³/mol. The molecule has 1 aliphatic rings. The first-order valence-electron chi connectivity index (χ1n) is 6.94.